The van der Waals surface area contributed by atoms with Crippen LogP contribution in [0.3, 0.4) is 0 Å². The molecule has 0 amide bonds. The van der Waals surface area contributed by atoms with Gasteiger partial charge in [0.1, 0.15) is 17.6 Å². The number of nitrogens with zero attached hydrogens (tertiary/aromatic N) is 1. The Labute approximate surface area is 117 Å². The first-order chi connectivity index (χ1) is 9.71. The van der Waals surface area contributed by atoms with Crippen LogP contribution in [-0.2, 0) is 0 Å². The summed E-state index contributed by atoms with van der Waals surface area (Å²) in [6, 6.07) is 10.5. The highest BCUT2D eigenvalue weighted by atomic mass is 16.5. The van der Waals surface area contributed by atoms with Crippen LogP contribution in [0, 0.1) is 0 Å². The summed E-state index contributed by atoms with van der Waals surface area (Å²) in [5, 5.41) is 10.6. The average Bonchev–Trinajstić information content (AvgIpc) is 2.53. The van der Waals surface area contributed by atoms with E-state index in [1.807, 2.05) is 0 Å². The summed E-state index contributed by atoms with van der Waals surface area (Å²) in [5.74, 6) is 1.53. The molecule has 0 aliphatic rings. The van der Waals surface area contributed by atoms with Gasteiger partial charge in [-0.25, -0.2) is 4.98 Å². The molecule has 0 radical (unpaired) electrons. The first-order valence-corrected chi connectivity index (χ1v) is 6.11. The van der Waals surface area contributed by atoms with Crippen molar-refractivity contribution in [2.45, 2.75) is 6.10 Å². The number of ether oxygens (including phenoxy) is 3. The van der Waals surface area contributed by atoms with Gasteiger partial charge in [-0.3, -0.25) is 0 Å². The summed E-state index contributed by atoms with van der Waals surface area (Å²) >= 11 is 0. The molecule has 0 fully saturated rings. The van der Waals surface area contributed by atoms with Crippen LogP contribution in [0.2, 0.25) is 0 Å². The molecule has 2 aromatic rings. The molecule has 1 aromatic carbocycles. The summed E-state index contributed by atoms with van der Waals surface area (Å²) < 4.78 is 15.6. The zero-order valence-electron chi connectivity index (χ0n) is 11.7. The predicted octanol–water partition coefficient (Wildman–Crippen LogP) is 2.19. The average molecular weight is 275 g/mol. The molecule has 106 valence electrons. The van der Waals surface area contributed by atoms with Crippen molar-refractivity contribution >= 4 is 0 Å². The maximum atomic E-state index is 10.6. The highest BCUT2D eigenvalue weighted by Gasteiger charge is 2.21. The Bertz CT molecular complexity index is 564. The van der Waals surface area contributed by atoms with Gasteiger partial charge in [-0.1, -0.05) is 12.1 Å². The van der Waals surface area contributed by atoms with Gasteiger partial charge >= 0.3 is 0 Å². The van der Waals surface area contributed by atoms with Gasteiger partial charge in [0.25, 0.3) is 0 Å². The van der Waals surface area contributed by atoms with Gasteiger partial charge in [0.05, 0.1) is 32.6 Å². The number of aliphatic hydroxyl groups excluding tert-OH is 1. The van der Waals surface area contributed by atoms with E-state index >= 15 is 0 Å². The molecule has 2 rings (SSSR count). The lowest BCUT2D eigenvalue weighted by molar-refractivity contribution is 0.203. The number of pyridine rings is 1. The molecule has 0 aliphatic heterocycles. The van der Waals surface area contributed by atoms with E-state index < -0.39 is 6.10 Å². The summed E-state index contributed by atoms with van der Waals surface area (Å²) in [4.78, 5) is 4.24. The molecule has 0 bridgehead atoms. The number of rotatable bonds is 5. The lowest BCUT2D eigenvalue weighted by Gasteiger charge is -2.18. The number of hydrogen-bond acceptors (Lipinski definition) is 5. The van der Waals surface area contributed by atoms with Gasteiger partial charge in [0.2, 0.25) is 5.88 Å². The van der Waals surface area contributed by atoms with E-state index in [0.29, 0.717) is 28.6 Å². The fraction of sp³-hybridized carbons (Fsp3) is 0.267. The summed E-state index contributed by atoms with van der Waals surface area (Å²) in [6.07, 6.45) is -0.962. The van der Waals surface area contributed by atoms with Crippen molar-refractivity contribution in [3.63, 3.8) is 0 Å². The molecule has 1 heterocycles. The molecule has 0 saturated heterocycles. The molecular formula is C15H17NO4. The standard InChI is InChI=1S/C15H17NO4/c1-18-11-7-5-8-12(19-2)14(11)15(17)10-6-4-9-13(16-10)20-3/h4-9,15,17H,1-3H3. The Morgan fingerprint density at radius 3 is 2.05 bits per heavy atom. The third-order valence-electron chi connectivity index (χ3n) is 2.97. The zero-order chi connectivity index (χ0) is 14.5. The van der Waals surface area contributed by atoms with Crippen LogP contribution in [0.1, 0.15) is 17.4 Å². The van der Waals surface area contributed by atoms with Crippen LogP contribution >= 0.6 is 0 Å². The minimum atomic E-state index is -0.962. The lowest BCUT2D eigenvalue weighted by atomic mass is 10.0. The first-order valence-electron chi connectivity index (χ1n) is 6.11. The van der Waals surface area contributed by atoms with Crippen LogP contribution < -0.4 is 14.2 Å². The number of methoxy groups -OCH3 is 3. The number of benzene rings is 1. The van der Waals surface area contributed by atoms with Crippen molar-refractivity contribution in [3.05, 3.63) is 47.7 Å². The number of hydrogen-bond donors (Lipinski definition) is 1. The molecular weight excluding hydrogens is 258 g/mol. The van der Waals surface area contributed by atoms with E-state index in [9.17, 15) is 5.11 Å². The molecule has 0 aliphatic carbocycles. The van der Waals surface area contributed by atoms with Crippen LogP contribution in [-0.4, -0.2) is 31.4 Å². The predicted molar refractivity (Wildman–Crippen MR) is 74.4 cm³/mol. The van der Waals surface area contributed by atoms with Crippen molar-refractivity contribution in [2.24, 2.45) is 0 Å². The third-order valence-corrected chi connectivity index (χ3v) is 2.97. The van der Waals surface area contributed by atoms with Crippen LogP contribution in [0.4, 0.5) is 0 Å². The molecule has 1 aromatic heterocycles. The van der Waals surface area contributed by atoms with Crippen molar-refractivity contribution in [1.29, 1.82) is 0 Å². The third kappa shape index (κ3) is 2.67. The summed E-state index contributed by atoms with van der Waals surface area (Å²) in [7, 11) is 4.62. The minimum Gasteiger partial charge on any atom is -0.496 e. The fourth-order valence-corrected chi connectivity index (χ4v) is 1.99. The van der Waals surface area contributed by atoms with Gasteiger partial charge in [0.15, 0.2) is 0 Å². The molecule has 1 unspecified atom stereocenters. The first kappa shape index (κ1) is 14.1. The molecule has 0 saturated carbocycles. The van der Waals surface area contributed by atoms with Crippen molar-refractivity contribution in [3.8, 4) is 17.4 Å². The normalized spacial score (nSPS) is 11.8. The van der Waals surface area contributed by atoms with Gasteiger partial charge < -0.3 is 19.3 Å². The van der Waals surface area contributed by atoms with Crippen LogP contribution in [0.5, 0.6) is 17.4 Å². The molecule has 0 spiro atoms. The zero-order valence-corrected chi connectivity index (χ0v) is 11.7. The topological polar surface area (TPSA) is 60.8 Å². The maximum absolute atomic E-state index is 10.6. The number of aliphatic hydroxyl groups is 1. The van der Waals surface area contributed by atoms with Crippen molar-refractivity contribution in [2.75, 3.05) is 21.3 Å². The Morgan fingerprint density at radius 1 is 0.900 bits per heavy atom. The van der Waals surface area contributed by atoms with Gasteiger partial charge in [0, 0.05) is 6.07 Å². The Hall–Kier alpha value is -2.27. The van der Waals surface area contributed by atoms with Crippen LogP contribution in [0.25, 0.3) is 0 Å². The monoisotopic (exact) mass is 275 g/mol. The van der Waals surface area contributed by atoms with E-state index in [2.05, 4.69) is 4.98 Å². The maximum Gasteiger partial charge on any atom is 0.213 e. The van der Waals surface area contributed by atoms with Gasteiger partial charge in [-0.2, -0.15) is 0 Å². The molecule has 5 nitrogen and oxygen atoms in total. The van der Waals surface area contributed by atoms with E-state index in [-0.39, 0.29) is 0 Å². The molecule has 5 heteroatoms. The fourth-order valence-electron chi connectivity index (χ4n) is 1.99. The Kier molecular flexibility index (Phi) is 4.42. The smallest absolute Gasteiger partial charge is 0.213 e. The van der Waals surface area contributed by atoms with Gasteiger partial charge in [-0.05, 0) is 18.2 Å². The SMILES string of the molecule is COc1cccc(C(O)c2c(OC)cccc2OC)n1. The van der Waals surface area contributed by atoms with Crippen LogP contribution in [0.15, 0.2) is 36.4 Å². The molecule has 1 atom stereocenters. The summed E-state index contributed by atoms with van der Waals surface area (Å²) in [5.41, 5.74) is 1.01. The minimum absolute atomic E-state index is 0.440. The van der Waals surface area contributed by atoms with Crippen molar-refractivity contribution in [1.82, 2.24) is 4.98 Å². The summed E-state index contributed by atoms with van der Waals surface area (Å²) in [6.45, 7) is 0. The van der Waals surface area contributed by atoms with E-state index in [1.54, 1.807) is 50.6 Å². The second-order valence-electron chi connectivity index (χ2n) is 4.08. The Morgan fingerprint density at radius 2 is 1.50 bits per heavy atom. The lowest BCUT2D eigenvalue weighted by Crippen LogP contribution is -2.07. The second-order valence-corrected chi connectivity index (χ2v) is 4.08. The highest BCUT2D eigenvalue weighted by Crippen LogP contribution is 2.36. The highest BCUT2D eigenvalue weighted by molar-refractivity contribution is 5.48. The van der Waals surface area contributed by atoms with Crippen molar-refractivity contribution < 1.29 is 19.3 Å². The quantitative estimate of drug-likeness (QED) is 0.906. The molecule has 20 heavy (non-hydrogen) atoms. The Balaban J connectivity index is 2.49. The molecule has 1 N–H and O–H groups in total. The van der Waals surface area contributed by atoms with E-state index in [4.69, 9.17) is 14.2 Å². The largest absolute Gasteiger partial charge is 0.496 e. The van der Waals surface area contributed by atoms with E-state index in [1.165, 1.54) is 7.11 Å². The van der Waals surface area contributed by atoms with E-state index in [0.717, 1.165) is 0 Å². The van der Waals surface area contributed by atoms with Gasteiger partial charge in [-0.15, -0.1) is 0 Å². The number of aromatic nitrogens is 1. The second kappa shape index (κ2) is 6.25.